The molecule has 0 saturated carbocycles. The molecule has 2 aromatic carbocycles. The highest BCUT2D eigenvalue weighted by molar-refractivity contribution is 6.46. The van der Waals surface area contributed by atoms with Gasteiger partial charge in [0.05, 0.1) is 0 Å². The largest absolute Gasteiger partial charge is 0.462 e. The molecule has 2 saturated heterocycles. The maximum Gasteiger partial charge on any atom is 0.462 e. The van der Waals surface area contributed by atoms with E-state index in [2.05, 4.69) is 6.58 Å². The Bertz CT molecular complexity index is 823. The van der Waals surface area contributed by atoms with Crippen LogP contribution in [0.2, 0.25) is 6.32 Å². The van der Waals surface area contributed by atoms with Gasteiger partial charge in [-0.3, -0.25) is 9.59 Å². The lowest BCUT2D eigenvalue weighted by molar-refractivity contribution is -0.153. The Morgan fingerprint density at radius 1 is 0.833 bits per heavy atom. The van der Waals surface area contributed by atoms with Crippen molar-refractivity contribution in [3.05, 3.63) is 84.4 Å². The average Bonchev–Trinajstić information content (AvgIpc) is 3.19. The topological polar surface area (TPSA) is 59.1 Å². The van der Waals surface area contributed by atoms with E-state index in [0.29, 0.717) is 32.5 Å². The molecule has 7 heteroatoms. The first-order valence-corrected chi connectivity index (χ1v) is 10.2. The molecule has 0 unspecified atom stereocenters. The second-order valence-corrected chi connectivity index (χ2v) is 7.56. The van der Waals surface area contributed by atoms with Crippen molar-refractivity contribution in [2.45, 2.75) is 31.6 Å². The number of allylic oxidation sites excluding steroid dienone is 1. The molecule has 6 nitrogen and oxygen atoms in total. The highest BCUT2D eigenvalue weighted by atomic mass is 16.7. The number of amides is 2. The lowest BCUT2D eigenvalue weighted by Crippen LogP contribution is -2.55. The third kappa shape index (κ3) is 4.47. The van der Waals surface area contributed by atoms with E-state index in [4.69, 9.17) is 9.31 Å². The standard InChI is InChI=1S/C23H25BN2O4/c1-2-13-24-29-20-21(30-24)23(28)26(17-19-11-7-4-8-12-19)15-14-25(22(20)27)16-18-9-5-3-6-10-18/h2-12,20-21H,1,13-17H2/t20-,21-/m1/s1. The Morgan fingerprint density at radius 2 is 1.27 bits per heavy atom. The Morgan fingerprint density at radius 3 is 1.67 bits per heavy atom. The Kier molecular flexibility index (Phi) is 6.30. The first-order chi connectivity index (χ1) is 14.7. The highest BCUT2D eigenvalue weighted by Gasteiger charge is 2.50. The summed E-state index contributed by atoms with van der Waals surface area (Å²) in [5.41, 5.74) is 2.07. The van der Waals surface area contributed by atoms with Crippen LogP contribution in [0.15, 0.2) is 73.3 Å². The summed E-state index contributed by atoms with van der Waals surface area (Å²) in [4.78, 5) is 30.1. The van der Waals surface area contributed by atoms with Gasteiger partial charge in [-0.15, -0.1) is 6.58 Å². The zero-order chi connectivity index (χ0) is 20.9. The molecule has 2 aliphatic heterocycles. The molecule has 4 rings (SSSR count). The van der Waals surface area contributed by atoms with E-state index in [1.807, 2.05) is 60.7 Å². The first-order valence-electron chi connectivity index (χ1n) is 10.2. The monoisotopic (exact) mass is 404 g/mol. The van der Waals surface area contributed by atoms with Crippen molar-refractivity contribution >= 4 is 18.9 Å². The summed E-state index contributed by atoms with van der Waals surface area (Å²) in [5, 5.41) is 0. The number of hydrogen-bond donors (Lipinski definition) is 0. The van der Waals surface area contributed by atoms with Crippen LogP contribution in [0.1, 0.15) is 11.1 Å². The van der Waals surface area contributed by atoms with Crippen LogP contribution < -0.4 is 0 Å². The van der Waals surface area contributed by atoms with Gasteiger partial charge in [-0.1, -0.05) is 66.7 Å². The van der Waals surface area contributed by atoms with E-state index in [9.17, 15) is 9.59 Å². The molecule has 0 bridgehead atoms. The molecule has 154 valence electrons. The van der Waals surface area contributed by atoms with E-state index in [1.54, 1.807) is 15.9 Å². The molecule has 0 radical (unpaired) electrons. The number of rotatable bonds is 6. The summed E-state index contributed by atoms with van der Waals surface area (Å²) in [5.74, 6) is -0.411. The smallest absolute Gasteiger partial charge is 0.396 e. The van der Waals surface area contributed by atoms with Gasteiger partial charge >= 0.3 is 7.12 Å². The van der Waals surface area contributed by atoms with Crippen LogP contribution in [0.3, 0.4) is 0 Å². The van der Waals surface area contributed by atoms with Crippen molar-refractivity contribution in [1.82, 2.24) is 9.80 Å². The van der Waals surface area contributed by atoms with Crippen LogP contribution in [0.5, 0.6) is 0 Å². The maximum absolute atomic E-state index is 13.3. The van der Waals surface area contributed by atoms with Crippen LogP contribution in [-0.4, -0.2) is 54.0 Å². The number of carbonyl (C=O) groups is 2. The molecule has 2 heterocycles. The van der Waals surface area contributed by atoms with Gasteiger partial charge in [-0.05, 0) is 11.1 Å². The molecule has 30 heavy (non-hydrogen) atoms. The number of nitrogens with zero attached hydrogens (tertiary/aromatic N) is 2. The van der Waals surface area contributed by atoms with Gasteiger partial charge in [0.2, 0.25) is 0 Å². The third-order valence-corrected chi connectivity index (χ3v) is 5.41. The van der Waals surface area contributed by atoms with Crippen LogP contribution in [0.4, 0.5) is 0 Å². The summed E-state index contributed by atoms with van der Waals surface area (Å²) in [7, 11) is -0.638. The fraction of sp³-hybridized carbons (Fsp3) is 0.304. The van der Waals surface area contributed by atoms with Crippen molar-refractivity contribution in [2.24, 2.45) is 0 Å². The van der Waals surface area contributed by atoms with Crippen molar-refractivity contribution in [3.8, 4) is 0 Å². The molecule has 2 fully saturated rings. The molecular weight excluding hydrogens is 379 g/mol. The molecule has 2 atom stereocenters. The number of carbonyl (C=O) groups excluding carboxylic acids is 2. The fourth-order valence-electron chi connectivity index (χ4n) is 3.87. The fourth-order valence-corrected chi connectivity index (χ4v) is 3.87. The number of fused-ring (bicyclic) bond motifs is 1. The van der Waals surface area contributed by atoms with Gasteiger partial charge in [-0.25, -0.2) is 0 Å². The molecule has 0 spiro atoms. The van der Waals surface area contributed by atoms with E-state index in [1.165, 1.54) is 0 Å². The van der Waals surface area contributed by atoms with E-state index in [-0.39, 0.29) is 11.8 Å². The predicted molar refractivity (Wildman–Crippen MR) is 114 cm³/mol. The van der Waals surface area contributed by atoms with Gasteiger partial charge in [0.15, 0.2) is 12.2 Å². The van der Waals surface area contributed by atoms with Crippen LogP contribution in [0, 0.1) is 0 Å². The molecular formula is C23H25BN2O4. The van der Waals surface area contributed by atoms with Gasteiger partial charge in [0.1, 0.15) is 0 Å². The minimum absolute atomic E-state index is 0.205. The summed E-state index contributed by atoms with van der Waals surface area (Å²) in [6.45, 7) is 5.51. The van der Waals surface area contributed by atoms with Gasteiger partial charge in [-0.2, -0.15) is 0 Å². The molecule has 2 aliphatic rings. The first kappa shape index (κ1) is 20.4. The molecule has 0 aromatic heterocycles. The second kappa shape index (κ2) is 9.28. The number of benzene rings is 2. The van der Waals surface area contributed by atoms with Crippen molar-refractivity contribution in [2.75, 3.05) is 13.1 Å². The predicted octanol–water partition coefficient (Wildman–Crippen LogP) is 2.52. The summed E-state index contributed by atoms with van der Waals surface area (Å²) in [6, 6.07) is 19.7. The van der Waals surface area contributed by atoms with E-state index >= 15 is 0 Å². The van der Waals surface area contributed by atoms with E-state index < -0.39 is 19.3 Å². The van der Waals surface area contributed by atoms with Crippen molar-refractivity contribution < 1.29 is 18.9 Å². The van der Waals surface area contributed by atoms with Gasteiger partial charge in [0.25, 0.3) is 11.8 Å². The maximum atomic E-state index is 13.3. The van der Waals surface area contributed by atoms with Crippen molar-refractivity contribution in [1.29, 1.82) is 0 Å². The van der Waals surface area contributed by atoms with Crippen LogP contribution in [0.25, 0.3) is 0 Å². The average molecular weight is 404 g/mol. The third-order valence-electron chi connectivity index (χ3n) is 5.41. The van der Waals surface area contributed by atoms with E-state index in [0.717, 1.165) is 11.1 Å². The zero-order valence-electron chi connectivity index (χ0n) is 16.9. The molecule has 2 aromatic rings. The minimum Gasteiger partial charge on any atom is -0.396 e. The van der Waals surface area contributed by atoms with Crippen LogP contribution >= 0.6 is 0 Å². The minimum atomic E-state index is -0.940. The SMILES string of the molecule is C=CCB1O[C@H]2C(=O)N(Cc3ccccc3)CCN(Cc3ccccc3)C(=O)[C@@H]2O1. The molecule has 0 N–H and O–H groups in total. The lowest BCUT2D eigenvalue weighted by atomic mass is 9.85. The highest BCUT2D eigenvalue weighted by Crippen LogP contribution is 2.26. The van der Waals surface area contributed by atoms with Gasteiger partial charge in [0, 0.05) is 32.5 Å². The lowest BCUT2D eigenvalue weighted by Gasteiger charge is -2.35. The Labute approximate surface area is 177 Å². The Hall–Kier alpha value is -2.90. The quantitative estimate of drug-likeness (QED) is 0.549. The van der Waals surface area contributed by atoms with Crippen molar-refractivity contribution in [3.63, 3.8) is 0 Å². The summed E-state index contributed by atoms with van der Waals surface area (Å²) in [6.07, 6.45) is 0.210. The zero-order valence-corrected chi connectivity index (χ0v) is 16.9. The summed E-state index contributed by atoms with van der Waals surface area (Å²) < 4.78 is 11.7. The van der Waals surface area contributed by atoms with Gasteiger partial charge < -0.3 is 19.1 Å². The normalized spacial score (nSPS) is 21.9. The Balaban J connectivity index is 1.59. The molecule has 0 aliphatic carbocycles. The summed E-state index contributed by atoms with van der Waals surface area (Å²) >= 11 is 0. The van der Waals surface area contributed by atoms with Crippen LogP contribution in [-0.2, 0) is 32.0 Å². The number of hydrogen-bond acceptors (Lipinski definition) is 4. The molecule has 2 amide bonds. The second-order valence-electron chi connectivity index (χ2n) is 7.56.